The smallest absolute Gasteiger partial charge is 0.355 e. The Bertz CT molecular complexity index is 1220. The molecule has 4 aromatic rings. The first-order chi connectivity index (χ1) is 14.9. The molecule has 1 fully saturated rings. The van der Waals surface area contributed by atoms with Crippen molar-refractivity contribution in [2.75, 3.05) is 18.0 Å². The Morgan fingerprint density at radius 1 is 1.03 bits per heavy atom. The molecular formula is C20H17F4N7. The van der Waals surface area contributed by atoms with Crippen LogP contribution in [0.15, 0.2) is 37.1 Å². The van der Waals surface area contributed by atoms with Crippen LogP contribution in [0.5, 0.6) is 0 Å². The number of nitrogens with one attached hydrogen (secondary N) is 2. The molecule has 5 rings (SSSR count). The molecule has 2 N–H and O–H groups in total. The molecular weight excluding hydrogens is 414 g/mol. The van der Waals surface area contributed by atoms with Crippen LogP contribution in [-0.4, -0.2) is 43.0 Å². The molecule has 1 aliphatic rings. The van der Waals surface area contributed by atoms with E-state index in [-0.39, 0.29) is 17.2 Å². The van der Waals surface area contributed by atoms with Gasteiger partial charge in [0, 0.05) is 24.6 Å². The Balaban J connectivity index is 1.33. The fraction of sp³-hybridized carbons (Fsp3) is 0.300. The van der Waals surface area contributed by atoms with Gasteiger partial charge in [0.25, 0.3) is 0 Å². The minimum absolute atomic E-state index is 0.0814. The number of alkyl halides is 3. The lowest BCUT2D eigenvalue weighted by Gasteiger charge is -2.32. The lowest BCUT2D eigenvalue weighted by atomic mass is 9.96. The molecule has 31 heavy (non-hydrogen) atoms. The average molecular weight is 431 g/mol. The van der Waals surface area contributed by atoms with E-state index in [1.165, 1.54) is 12.5 Å². The van der Waals surface area contributed by atoms with Crippen molar-refractivity contribution in [3.8, 4) is 11.3 Å². The third-order valence-electron chi connectivity index (χ3n) is 5.56. The zero-order valence-electron chi connectivity index (χ0n) is 16.1. The number of H-pyrrole nitrogens is 2. The molecule has 0 radical (unpaired) electrons. The molecule has 11 heteroatoms. The van der Waals surface area contributed by atoms with Crippen molar-refractivity contribution < 1.29 is 17.6 Å². The summed E-state index contributed by atoms with van der Waals surface area (Å²) in [5.41, 5.74) is 0.570. The predicted octanol–water partition coefficient (Wildman–Crippen LogP) is 4.28. The van der Waals surface area contributed by atoms with Gasteiger partial charge in [-0.1, -0.05) is 0 Å². The van der Waals surface area contributed by atoms with Crippen LogP contribution in [0.1, 0.15) is 30.1 Å². The number of hydrogen-bond acceptors (Lipinski definition) is 5. The second-order valence-corrected chi connectivity index (χ2v) is 7.43. The fourth-order valence-electron chi connectivity index (χ4n) is 3.95. The number of rotatable bonds is 3. The van der Waals surface area contributed by atoms with E-state index in [1.54, 1.807) is 6.33 Å². The maximum absolute atomic E-state index is 14.2. The Hall–Kier alpha value is -3.50. The quantitative estimate of drug-likeness (QED) is 0.473. The van der Waals surface area contributed by atoms with Crippen molar-refractivity contribution in [1.29, 1.82) is 0 Å². The molecule has 0 aliphatic carbocycles. The maximum Gasteiger partial charge on any atom is 0.416 e. The Kier molecular flexibility index (Phi) is 4.60. The van der Waals surface area contributed by atoms with E-state index < -0.39 is 17.6 Å². The fourth-order valence-corrected chi connectivity index (χ4v) is 3.95. The van der Waals surface area contributed by atoms with Crippen LogP contribution in [0.4, 0.5) is 23.4 Å². The molecule has 0 saturated carbocycles. The normalized spacial score (nSPS) is 15.7. The third-order valence-corrected chi connectivity index (χ3v) is 5.56. The highest BCUT2D eigenvalue weighted by atomic mass is 19.4. The number of imidazole rings is 2. The number of aromatic nitrogens is 6. The monoisotopic (exact) mass is 431 g/mol. The predicted molar refractivity (Wildman–Crippen MR) is 105 cm³/mol. The number of nitrogens with zero attached hydrogens (tertiary/aromatic N) is 5. The molecule has 1 aromatic carbocycles. The van der Waals surface area contributed by atoms with E-state index in [0.29, 0.717) is 24.6 Å². The van der Waals surface area contributed by atoms with Crippen LogP contribution in [-0.2, 0) is 6.18 Å². The van der Waals surface area contributed by atoms with Crippen LogP contribution in [0.2, 0.25) is 0 Å². The largest absolute Gasteiger partial charge is 0.416 e. The van der Waals surface area contributed by atoms with Gasteiger partial charge in [-0.2, -0.15) is 13.2 Å². The summed E-state index contributed by atoms with van der Waals surface area (Å²) in [6, 6.07) is 2.37. The molecule has 0 unspecified atom stereocenters. The van der Waals surface area contributed by atoms with Crippen molar-refractivity contribution >= 4 is 17.0 Å². The van der Waals surface area contributed by atoms with Crippen molar-refractivity contribution in [1.82, 2.24) is 29.9 Å². The minimum atomic E-state index is -4.54. The first-order valence-electron chi connectivity index (χ1n) is 9.71. The number of piperidine rings is 1. The summed E-state index contributed by atoms with van der Waals surface area (Å²) in [4.78, 5) is 25.2. The Morgan fingerprint density at radius 2 is 1.84 bits per heavy atom. The van der Waals surface area contributed by atoms with Gasteiger partial charge >= 0.3 is 6.18 Å². The molecule has 1 aliphatic heterocycles. The molecule has 0 bridgehead atoms. The van der Waals surface area contributed by atoms with Crippen molar-refractivity contribution in [2.45, 2.75) is 24.9 Å². The van der Waals surface area contributed by atoms with Crippen LogP contribution in [0, 0.1) is 5.82 Å². The number of benzene rings is 1. The molecule has 160 valence electrons. The second kappa shape index (κ2) is 7.33. The minimum Gasteiger partial charge on any atom is -0.355 e. The standard InChI is InChI=1S/C20H17F4N7/c21-14-2-1-12(20(22,23)24)7-13(14)15-8-25-17(30-15)11-3-5-31(6-4-11)19-16-18(27-9-26-16)28-10-29-19/h1-2,7-11H,3-6H2,(H,25,30)(H,26,27,28,29). The van der Waals surface area contributed by atoms with E-state index in [0.717, 1.165) is 42.4 Å². The molecule has 7 nitrogen and oxygen atoms in total. The van der Waals surface area contributed by atoms with Crippen LogP contribution in [0.3, 0.4) is 0 Å². The summed E-state index contributed by atoms with van der Waals surface area (Å²) in [6.45, 7) is 1.42. The van der Waals surface area contributed by atoms with E-state index in [2.05, 4.69) is 34.8 Å². The summed E-state index contributed by atoms with van der Waals surface area (Å²) in [6.07, 6.45) is 1.42. The SMILES string of the molecule is Fc1ccc(C(F)(F)F)cc1-c1cnc(C2CCN(c3ncnc4nc[nH]c34)CC2)[nH]1. The summed E-state index contributed by atoms with van der Waals surface area (Å²) >= 11 is 0. The topological polar surface area (TPSA) is 86.4 Å². The number of hydrogen-bond donors (Lipinski definition) is 2. The molecule has 1 saturated heterocycles. The first kappa shape index (κ1) is 19.5. The van der Waals surface area contributed by atoms with Gasteiger partial charge in [0.2, 0.25) is 0 Å². The van der Waals surface area contributed by atoms with Crippen LogP contribution in [0.25, 0.3) is 22.4 Å². The Labute approximate surface area is 173 Å². The molecule has 3 aromatic heterocycles. The Morgan fingerprint density at radius 3 is 2.61 bits per heavy atom. The van der Waals surface area contributed by atoms with Gasteiger partial charge in [0.05, 0.1) is 23.8 Å². The highest BCUT2D eigenvalue weighted by molar-refractivity contribution is 5.82. The molecule has 0 amide bonds. The summed E-state index contributed by atoms with van der Waals surface area (Å²) in [5.74, 6) is 0.774. The summed E-state index contributed by atoms with van der Waals surface area (Å²) in [7, 11) is 0. The van der Waals surface area contributed by atoms with Gasteiger partial charge < -0.3 is 14.9 Å². The number of halogens is 4. The average Bonchev–Trinajstić information content (AvgIpc) is 3.43. The van der Waals surface area contributed by atoms with Crippen LogP contribution < -0.4 is 4.90 Å². The summed E-state index contributed by atoms with van der Waals surface area (Å²) < 4.78 is 53.2. The van der Waals surface area contributed by atoms with Crippen LogP contribution >= 0.6 is 0 Å². The van der Waals surface area contributed by atoms with Crippen molar-refractivity contribution in [3.05, 3.63) is 54.3 Å². The number of anilines is 1. The first-order valence-corrected chi connectivity index (χ1v) is 9.71. The van der Waals surface area contributed by atoms with Gasteiger partial charge in [-0.05, 0) is 31.0 Å². The highest BCUT2D eigenvalue weighted by Gasteiger charge is 2.32. The lowest BCUT2D eigenvalue weighted by molar-refractivity contribution is -0.137. The van der Waals surface area contributed by atoms with E-state index in [9.17, 15) is 17.6 Å². The zero-order valence-corrected chi connectivity index (χ0v) is 16.1. The third kappa shape index (κ3) is 3.60. The van der Waals surface area contributed by atoms with Gasteiger partial charge in [0.1, 0.15) is 23.5 Å². The zero-order chi connectivity index (χ0) is 21.6. The number of fused-ring (bicyclic) bond motifs is 1. The van der Waals surface area contributed by atoms with Gasteiger partial charge in [-0.15, -0.1) is 0 Å². The second-order valence-electron chi connectivity index (χ2n) is 7.43. The maximum atomic E-state index is 14.2. The highest BCUT2D eigenvalue weighted by Crippen LogP contribution is 2.35. The molecule has 4 heterocycles. The van der Waals surface area contributed by atoms with E-state index in [1.807, 2.05) is 0 Å². The van der Waals surface area contributed by atoms with E-state index >= 15 is 0 Å². The lowest BCUT2D eigenvalue weighted by Crippen LogP contribution is -2.34. The van der Waals surface area contributed by atoms with Crippen molar-refractivity contribution in [2.24, 2.45) is 0 Å². The molecule has 0 spiro atoms. The van der Waals surface area contributed by atoms with Gasteiger partial charge in [0.15, 0.2) is 11.5 Å². The number of aromatic amines is 2. The van der Waals surface area contributed by atoms with Gasteiger partial charge in [-0.3, -0.25) is 0 Å². The van der Waals surface area contributed by atoms with E-state index in [4.69, 9.17) is 0 Å². The van der Waals surface area contributed by atoms with Crippen molar-refractivity contribution in [3.63, 3.8) is 0 Å². The molecule has 0 atom stereocenters. The van der Waals surface area contributed by atoms with Gasteiger partial charge in [-0.25, -0.2) is 24.3 Å². The summed E-state index contributed by atoms with van der Waals surface area (Å²) in [5, 5.41) is 0.